The Morgan fingerprint density at radius 1 is 1.08 bits per heavy atom. The summed E-state index contributed by atoms with van der Waals surface area (Å²) in [7, 11) is 0. The van der Waals surface area contributed by atoms with Gasteiger partial charge in [-0.05, 0) is 18.9 Å². The van der Waals surface area contributed by atoms with E-state index in [0.29, 0.717) is 23.2 Å². The number of aldehydes is 1. The molecule has 2 aromatic heterocycles. The van der Waals surface area contributed by atoms with E-state index < -0.39 is 0 Å². The maximum Gasteiger partial charge on any atom is 0.166 e. The van der Waals surface area contributed by atoms with Crippen molar-refractivity contribution in [3.63, 3.8) is 0 Å². The Morgan fingerprint density at radius 2 is 1.88 bits per heavy atom. The van der Waals surface area contributed by atoms with Gasteiger partial charge in [0.1, 0.15) is 11.5 Å². The average Bonchev–Trinajstić information content (AvgIpc) is 3.07. The molecule has 0 unspecified atom stereocenters. The normalized spacial score (nSPS) is 15.5. The molecule has 1 aliphatic rings. The van der Waals surface area contributed by atoms with E-state index in [9.17, 15) is 4.79 Å². The smallest absolute Gasteiger partial charge is 0.166 e. The van der Waals surface area contributed by atoms with Crippen LogP contribution in [0.15, 0.2) is 36.4 Å². The van der Waals surface area contributed by atoms with Crippen LogP contribution >= 0.6 is 0 Å². The van der Waals surface area contributed by atoms with E-state index in [1.807, 2.05) is 36.4 Å². The van der Waals surface area contributed by atoms with Crippen molar-refractivity contribution in [3.8, 4) is 11.4 Å². The number of H-pyrrole nitrogens is 1. The van der Waals surface area contributed by atoms with Gasteiger partial charge in [0.15, 0.2) is 12.1 Å². The van der Waals surface area contributed by atoms with E-state index in [2.05, 4.69) is 15.3 Å². The summed E-state index contributed by atoms with van der Waals surface area (Å²) in [6.45, 7) is 0. The minimum atomic E-state index is 0.440. The van der Waals surface area contributed by atoms with Gasteiger partial charge < -0.3 is 10.3 Å². The fraction of sp³-hybridized carbons (Fsp3) is 0.316. The SMILES string of the molecule is O=Cc1cc2c(NC3CCCCC3)nc(-c3ccccc3)nc2[nH]1. The van der Waals surface area contributed by atoms with Gasteiger partial charge in [-0.3, -0.25) is 4.79 Å². The number of aromatic amines is 1. The highest BCUT2D eigenvalue weighted by atomic mass is 16.1. The second-order valence-corrected chi connectivity index (χ2v) is 6.35. The van der Waals surface area contributed by atoms with E-state index in [-0.39, 0.29) is 0 Å². The highest BCUT2D eigenvalue weighted by molar-refractivity contribution is 5.93. The molecule has 0 spiro atoms. The van der Waals surface area contributed by atoms with Crippen molar-refractivity contribution in [2.45, 2.75) is 38.1 Å². The molecule has 0 saturated heterocycles. The Kier molecular flexibility index (Phi) is 3.99. The molecular formula is C19H20N4O. The van der Waals surface area contributed by atoms with Crippen LogP contribution in [-0.2, 0) is 0 Å². The van der Waals surface area contributed by atoms with Crippen molar-refractivity contribution in [2.24, 2.45) is 0 Å². The third-order valence-corrected chi connectivity index (χ3v) is 4.61. The minimum Gasteiger partial charge on any atom is -0.367 e. The van der Waals surface area contributed by atoms with Crippen LogP contribution in [0.3, 0.4) is 0 Å². The number of aromatic nitrogens is 3. The number of nitrogens with one attached hydrogen (secondary N) is 2. The number of benzene rings is 1. The van der Waals surface area contributed by atoms with Crippen molar-refractivity contribution in [1.82, 2.24) is 15.0 Å². The number of hydrogen-bond donors (Lipinski definition) is 2. The average molecular weight is 320 g/mol. The Balaban J connectivity index is 1.79. The van der Waals surface area contributed by atoms with Gasteiger partial charge in [-0.25, -0.2) is 9.97 Å². The fourth-order valence-electron chi connectivity index (χ4n) is 3.36. The number of carbonyl (C=O) groups is 1. The molecule has 1 aliphatic carbocycles. The third kappa shape index (κ3) is 2.89. The van der Waals surface area contributed by atoms with Crippen LogP contribution in [0.5, 0.6) is 0 Å². The molecule has 1 saturated carbocycles. The van der Waals surface area contributed by atoms with Crippen molar-refractivity contribution in [1.29, 1.82) is 0 Å². The molecule has 4 rings (SSSR count). The molecule has 0 atom stereocenters. The van der Waals surface area contributed by atoms with Crippen LogP contribution in [0, 0.1) is 0 Å². The van der Waals surface area contributed by atoms with Crippen LogP contribution in [0.4, 0.5) is 5.82 Å². The summed E-state index contributed by atoms with van der Waals surface area (Å²) in [6, 6.07) is 12.2. The molecular weight excluding hydrogens is 300 g/mol. The molecule has 2 heterocycles. The van der Waals surface area contributed by atoms with E-state index in [4.69, 9.17) is 4.98 Å². The van der Waals surface area contributed by atoms with Gasteiger partial charge in [0.05, 0.1) is 11.1 Å². The second kappa shape index (κ2) is 6.43. The van der Waals surface area contributed by atoms with Gasteiger partial charge in [0.2, 0.25) is 0 Å². The predicted molar refractivity (Wildman–Crippen MR) is 95.2 cm³/mol. The maximum atomic E-state index is 11.1. The van der Waals surface area contributed by atoms with Gasteiger partial charge in [0.25, 0.3) is 0 Å². The molecule has 0 radical (unpaired) electrons. The Hall–Kier alpha value is -2.69. The number of rotatable bonds is 4. The first-order valence-corrected chi connectivity index (χ1v) is 8.51. The predicted octanol–water partition coefficient (Wildman–Crippen LogP) is 4.18. The number of hydrogen-bond acceptors (Lipinski definition) is 4. The van der Waals surface area contributed by atoms with E-state index in [0.717, 1.165) is 35.9 Å². The maximum absolute atomic E-state index is 11.1. The van der Waals surface area contributed by atoms with Crippen LogP contribution < -0.4 is 5.32 Å². The topological polar surface area (TPSA) is 70.7 Å². The Labute approximate surface area is 140 Å². The largest absolute Gasteiger partial charge is 0.367 e. The molecule has 0 amide bonds. The van der Waals surface area contributed by atoms with Gasteiger partial charge in [-0.2, -0.15) is 0 Å². The summed E-state index contributed by atoms with van der Waals surface area (Å²) in [4.78, 5) is 23.6. The minimum absolute atomic E-state index is 0.440. The fourth-order valence-corrected chi connectivity index (χ4v) is 3.36. The standard InChI is InChI=1S/C19H20N4O/c24-12-15-11-16-18(20-14-9-5-2-6-10-14)22-17(23-19(16)21-15)13-7-3-1-4-8-13/h1,3-4,7-8,11-12,14H,2,5-6,9-10H2,(H2,20,21,22,23). The monoisotopic (exact) mass is 320 g/mol. The first-order valence-electron chi connectivity index (χ1n) is 8.51. The van der Waals surface area contributed by atoms with Crippen molar-refractivity contribution in [3.05, 3.63) is 42.1 Å². The molecule has 1 fully saturated rings. The first-order chi connectivity index (χ1) is 11.8. The van der Waals surface area contributed by atoms with Crippen LogP contribution in [-0.4, -0.2) is 27.3 Å². The summed E-state index contributed by atoms with van der Waals surface area (Å²) in [5.74, 6) is 1.48. The summed E-state index contributed by atoms with van der Waals surface area (Å²) in [5.41, 5.74) is 2.19. The Morgan fingerprint density at radius 3 is 2.62 bits per heavy atom. The summed E-state index contributed by atoms with van der Waals surface area (Å²) >= 11 is 0. The molecule has 122 valence electrons. The summed E-state index contributed by atoms with van der Waals surface area (Å²) in [6.07, 6.45) is 6.96. The molecule has 5 heteroatoms. The zero-order valence-electron chi connectivity index (χ0n) is 13.5. The Bertz CT molecular complexity index is 850. The zero-order valence-corrected chi connectivity index (χ0v) is 13.5. The van der Waals surface area contributed by atoms with Crippen molar-refractivity contribution >= 4 is 23.1 Å². The lowest BCUT2D eigenvalue weighted by atomic mass is 9.95. The van der Waals surface area contributed by atoms with Gasteiger partial charge >= 0.3 is 0 Å². The van der Waals surface area contributed by atoms with Gasteiger partial charge in [-0.15, -0.1) is 0 Å². The summed E-state index contributed by atoms with van der Waals surface area (Å²) in [5, 5.41) is 4.46. The van der Waals surface area contributed by atoms with Crippen molar-refractivity contribution in [2.75, 3.05) is 5.32 Å². The molecule has 0 aliphatic heterocycles. The molecule has 1 aromatic carbocycles. The van der Waals surface area contributed by atoms with Gasteiger partial charge in [0, 0.05) is 11.6 Å². The van der Waals surface area contributed by atoms with Crippen LogP contribution in [0.25, 0.3) is 22.4 Å². The number of nitrogens with zero attached hydrogens (tertiary/aromatic N) is 2. The van der Waals surface area contributed by atoms with Gasteiger partial charge in [-0.1, -0.05) is 49.6 Å². The van der Waals surface area contributed by atoms with E-state index >= 15 is 0 Å². The van der Waals surface area contributed by atoms with E-state index in [1.165, 1.54) is 19.3 Å². The third-order valence-electron chi connectivity index (χ3n) is 4.61. The second-order valence-electron chi connectivity index (χ2n) is 6.35. The van der Waals surface area contributed by atoms with Crippen LogP contribution in [0.2, 0.25) is 0 Å². The quantitative estimate of drug-likeness (QED) is 0.707. The highest BCUT2D eigenvalue weighted by Gasteiger charge is 2.17. The lowest BCUT2D eigenvalue weighted by Gasteiger charge is -2.23. The molecule has 5 nitrogen and oxygen atoms in total. The number of anilines is 1. The molecule has 3 aromatic rings. The van der Waals surface area contributed by atoms with Crippen LogP contribution in [0.1, 0.15) is 42.6 Å². The highest BCUT2D eigenvalue weighted by Crippen LogP contribution is 2.28. The zero-order chi connectivity index (χ0) is 16.4. The van der Waals surface area contributed by atoms with E-state index in [1.54, 1.807) is 0 Å². The number of fused-ring (bicyclic) bond motifs is 1. The lowest BCUT2D eigenvalue weighted by molar-refractivity contribution is 0.111. The number of carbonyl (C=O) groups excluding carboxylic acids is 1. The lowest BCUT2D eigenvalue weighted by Crippen LogP contribution is -2.23. The first kappa shape index (κ1) is 14.9. The molecule has 2 N–H and O–H groups in total. The molecule has 0 bridgehead atoms. The van der Waals surface area contributed by atoms with Crippen molar-refractivity contribution < 1.29 is 4.79 Å². The molecule has 24 heavy (non-hydrogen) atoms. The summed E-state index contributed by atoms with van der Waals surface area (Å²) < 4.78 is 0.